The number of hydrogen-bond donors (Lipinski definition) is 0. The number of Topliss-reactive ketones (excluding diaryl/α,β-unsaturated/α-hetero) is 1. The Balaban J connectivity index is 3.76. The minimum atomic E-state index is 0.276. The van der Waals surface area contributed by atoms with Gasteiger partial charge in [0.1, 0.15) is 5.78 Å². The molecule has 0 spiro atoms. The second-order valence-corrected chi connectivity index (χ2v) is 4.09. The Labute approximate surface area is 75.9 Å². The molecule has 0 fully saturated rings. The molecule has 0 aromatic carbocycles. The maximum absolute atomic E-state index is 10.8. The molecule has 0 rings (SSSR count). The van der Waals surface area contributed by atoms with E-state index in [4.69, 9.17) is 0 Å². The number of carbonyl (C=O) groups excluding carboxylic acids is 1. The highest BCUT2D eigenvalue weighted by Gasteiger charge is 2.11. The zero-order valence-corrected chi connectivity index (χ0v) is 8.92. The highest BCUT2D eigenvalue weighted by atomic mass is 16.1. The third kappa shape index (κ3) is 5.30. The topological polar surface area (TPSA) is 20.3 Å². The van der Waals surface area contributed by atoms with Crippen LogP contribution in [0.5, 0.6) is 0 Å². The first-order chi connectivity index (χ1) is 5.43. The summed E-state index contributed by atoms with van der Waals surface area (Å²) in [6.45, 7) is 9.20. The largest absolute Gasteiger partial charge is 0.303 e. The van der Waals surface area contributed by atoms with Gasteiger partial charge in [-0.15, -0.1) is 0 Å². The van der Waals surface area contributed by atoms with Crippen LogP contribution in [0.1, 0.15) is 34.1 Å². The Hall–Kier alpha value is -0.370. The standard InChI is InChI=1S/C10H21NO/c1-8(2)7-11(5)9(3)6-10(4)12/h8-9H,6-7H2,1-5H3. The summed E-state index contributed by atoms with van der Waals surface area (Å²) in [7, 11) is 2.08. The normalized spacial score (nSPS) is 13.9. The molecule has 0 saturated carbocycles. The monoisotopic (exact) mass is 171 g/mol. The molecule has 0 saturated heterocycles. The summed E-state index contributed by atoms with van der Waals surface area (Å²) >= 11 is 0. The molecule has 0 aromatic rings. The van der Waals surface area contributed by atoms with Gasteiger partial charge in [0.2, 0.25) is 0 Å². The molecular weight excluding hydrogens is 150 g/mol. The fourth-order valence-electron chi connectivity index (χ4n) is 1.33. The van der Waals surface area contributed by atoms with E-state index in [9.17, 15) is 4.79 Å². The van der Waals surface area contributed by atoms with E-state index in [-0.39, 0.29) is 5.78 Å². The highest BCUT2D eigenvalue weighted by Crippen LogP contribution is 2.04. The van der Waals surface area contributed by atoms with E-state index in [1.807, 2.05) is 0 Å². The molecular formula is C10H21NO. The summed E-state index contributed by atoms with van der Waals surface area (Å²) in [6, 6.07) is 0.380. The maximum Gasteiger partial charge on any atom is 0.131 e. The summed E-state index contributed by atoms with van der Waals surface area (Å²) in [6.07, 6.45) is 0.670. The lowest BCUT2D eigenvalue weighted by atomic mass is 10.1. The average Bonchev–Trinajstić information content (AvgIpc) is 1.84. The van der Waals surface area contributed by atoms with Gasteiger partial charge >= 0.3 is 0 Å². The number of nitrogens with zero attached hydrogens (tertiary/aromatic N) is 1. The van der Waals surface area contributed by atoms with Crippen molar-refractivity contribution in [2.45, 2.75) is 40.2 Å². The van der Waals surface area contributed by atoms with Gasteiger partial charge in [0.15, 0.2) is 0 Å². The third-order valence-corrected chi connectivity index (χ3v) is 1.99. The van der Waals surface area contributed by atoms with Crippen molar-refractivity contribution in [1.82, 2.24) is 4.90 Å². The lowest BCUT2D eigenvalue weighted by molar-refractivity contribution is -0.118. The van der Waals surface area contributed by atoms with Crippen LogP contribution in [0.15, 0.2) is 0 Å². The molecule has 0 N–H and O–H groups in total. The molecule has 2 nitrogen and oxygen atoms in total. The molecule has 0 aliphatic heterocycles. The van der Waals surface area contributed by atoms with Crippen molar-refractivity contribution in [1.29, 1.82) is 0 Å². The first-order valence-corrected chi connectivity index (χ1v) is 4.63. The second kappa shape index (κ2) is 5.31. The fourth-order valence-corrected chi connectivity index (χ4v) is 1.33. The summed E-state index contributed by atoms with van der Waals surface area (Å²) in [5, 5.41) is 0. The van der Waals surface area contributed by atoms with Crippen LogP contribution in [0.25, 0.3) is 0 Å². The minimum Gasteiger partial charge on any atom is -0.303 e. The summed E-state index contributed by atoms with van der Waals surface area (Å²) in [5.41, 5.74) is 0. The molecule has 0 radical (unpaired) electrons. The van der Waals surface area contributed by atoms with Crippen molar-refractivity contribution in [3.63, 3.8) is 0 Å². The fraction of sp³-hybridized carbons (Fsp3) is 0.900. The zero-order chi connectivity index (χ0) is 9.72. The molecule has 72 valence electrons. The minimum absolute atomic E-state index is 0.276. The van der Waals surface area contributed by atoms with Gasteiger partial charge in [-0.3, -0.25) is 4.79 Å². The van der Waals surface area contributed by atoms with E-state index in [0.717, 1.165) is 6.54 Å². The molecule has 0 heterocycles. The number of ketones is 1. The first-order valence-electron chi connectivity index (χ1n) is 4.63. The molecule has 2 heteroatoms. The maximum atomic E-state index is 10.8. The van der Waals surface area contributed by atoms with Crippen LogP contribution in [-0.2, 0) is 4.79 Å². The van der Waals surface area contributed by atoms with Crippen molar-refractivity contribution >= 4 is 5.78 Å². The van der Waals surface area contributed by atoms with E-state index < -0.39 is 0 Å². The molecule has 0 bridgehead atoms. The molecule has 0 aromatic heterocycles. The second-order valence-electron chi connectivity index (χ2n) is 4.09. The van der Waals surface area contributed by atoms with Gasteiger partial charge in [0.25, 0.3) is 0 Å². The van der Waals surface area contributed by atoms with Gasteiger partial charge in [-0.25, -0.2) is 0 Å². The highest BCUT2D eigenvalue weighted by molar-refractivity contribution is 5.76. The summed E-state index contributed by atoms with van der Waals surface area (Å²) < 4.78 is 0. The Morgan fingerprint density at radius 2 is 1.83 bits per heavy atom. The quantitative estimate of drug-likeness (QED) is 0.630. The van der Waals surface area contributed by atoms with Crippen LogP contribution in [-0.4, -0.2) is 30.3 Å². The average molecular weight is 171 g/mol. The van der Waals surface area contributed by atoms with Gasteiger partial charge in [-0.05, 0) is 26.8 Å². The predicted octanol–water partition coefficient (Wildman–Crippen LogP) is 1.94. The number of carbonyl (C=O) groups is 1. The van der Waals surface area contributed by atoms with Gasteiger partial charge in [0.05, 0.1) is 0 Å². The Morgan fingerprint density at radius 3 is 2.17 bits per heavy atom. The SMILES string of the molecule is CC(=O)CC(C)N(C)CC(C)C. The Bertz CT molecular complexity index is 143. The van der Waals surface area contributed by atoms with Gasteiger partial charge in [0, 0.05) is 19.0 Å². The lowest BCUT2D eigenvalue weighted by Gasteiger charge is -2.25. The molecule has 12 heavy (non-hydrogen) atoms. The first kappa shape index (κ1) is 11.6. The van der Waals surface area contributed by atoms with Crippen LogP contribution in [0.4, 0.5) is 0 Å². The number of hydrogen-bond acceptors (Lipinski definition) is 2. The van der Waals surface area contributed by atoms with E-state index in [1.54, 1.807) is 6.92 Å². The van der Waals surface area contributed by atoms with Crippen molar-refractivity contribution in [3.8, 4) is 0 Å². The Kier molecular flexibility index (Phi) is 5.14. The molecule has 0 amide bonds. The van der Waals surface area contributed by atoms with Crippen LogP contribution < -0.4 is 0 Å². The van der Waals surface area contributed by atoms with E-state index in [0.29, 0.717) is 18.4 Å². The van der Waals surface area contributed by atoms with Crippen molar-refractivity contribution in [2.24, 2.45) is 5.92 Å². The van der Waals surface area contributed by atoms with Gasteiger partial charge in [-0.2, -0.15) is 0 Å². The smallest absolute Gasteiger partial charge is 0.131 e. The van der Waals surface area contributed by atoms with Crippen molar-refractivity contribution in [2.75, 3.05) is 13.6 Å². The summed E-state index contributed by atoms with van der Waals surface area (Å²) in [4.78, 5) is 13.1. The van der Waals surface area contributed by atoms with Gasteiger partial charge < -0.3 is 4.90 Å². The van der Waals surface area contributed by atoms with Crippen molar-refractivity contribution in [3.05, 3.63) is 0 Å². The van der Waals surface area contributed by atoms with Crippen LogP contribution >= 0.6 is 0 Å². The van der Waals surface area contributed by atoms with Gasteiger partial charge in [-0.1, -0.05) is 13.8 Å². The van der Waals surface area contributed by atoms with E-state index in [1.165, 1.54) is 0 Å². The predicted molar refractivity (Wildman–Crippen MR) is 52.2 cm³/mol. The molecule has 1 unspecified atom stereocenters. The number of rotatable bonds is 5. The zero-order valence-electron chi connectivity index (χ0n) is 8.92. The van der Waals surface area contributed by atoms with E-state index in [2.05, 4.69) is 32.7 Å². The lowest BCUT2D eigenvalue weighted by Crippen LogP contribution is -2.33. The molecule has 1 atom stereocenters. The molecule has 0 aliphatic carbocycles. The third-order valence-electron chi connectivity index (χ3n) is 1.99. The van der Waals surface area contributed by atoms with Crippen LogP contribution in [0.2, 0.25) is 0 Å². The summed E-state index contributed by atoms with van der Waals surface area (Å²) in [5.74, 6) is 0.947. The van der Waals surface area contributed by atoms with Crippen LogP contribution in [0.3, 0.4) is 0 Å². The molecule has 0 aliphatic rings. The Morgan fingerprint density at radius 1 is 1.33 bits per heavy atom. The van der Waals surface area contributed by atoms with Crippen molar-refractivity contribution < 1.29 is 4.79 Å². The van der Waals surface area contributed by atoms with Crippen LogP contribution in [0, 0.1) is 5.92 Å². The van der Waals surface area contributed by atoms with E-state index >= 15 is 0 Å².